The number of benzene rings is 1. The summed E-state index contributed by atoms with van der Waals surface area (Å²) in [5.41, 5.74) is 4.86. The maximum atomic E-state index is 12.4. The number of carbonyl (C=O) groups is 2. The van der Waals surface area contributed by atoms with Gasteiger partial charge in [0.2, 0.25) is 11.8 Å². The van der Waals surface area contributed by atoms with Gasteiger partial charge in [-0.05, 0) is 36.8 Å². The van der Waals surface area contributed by atoms with E-state index < -0.39 is 0 Å². The van der Waals surface area contributed by atoms with E-state index in [2.05, 4.69) is 15.3 Å². The van der Waals surface area contributed by atoms with Gasteiger partial charge in [-0.25, -0.2) is 9.97 Å². The van der Waals surface area contributed by atoms with Gasteiger partial charge in [-0.15, -0.1) is 0 Å². The van der Waals surface area contributed by atoms with E-state index >= 15 is 0 Å². The molecule has 1 fully saturated rings. The molecule has 3 aliphatic heterocycles. The first-order valence-corrected chi connectivity index (χ1v) is 11.2. The first kappa shape index (κ1) is 20.5. The van der Waals surface area contributed by atoms with Gasteiger partial charge in [0.1, 0.15) is 30.5 Å². The quantitative estimate of drug-likeness (QED) is 0.644. The highest BCUT2D eigenvalue weighted by atomic mass is 16.5. The average Bonchev–Trinajstić information content (AvgIpc) is 3.24. The Morgan fingerprint density at radius 1 is 1.12 bits per heavy atom. The molecule has 0 radical (unpaired) electrons. The predicted molar refractivity (Wildman–Crippen MR) is 126 cm³/mol. The number of rotatable bonds is 3. The van der Waals surface area contributed by atoms with Gasteiger partial charge in [0.05, 0.1) is 17.9 Å². The molecule has 2 aromatic heterocycles. The molecule has 0 bridgehead atoms. The van der Waals surface area contributed by atoms with E-state index in [0.717, 1.165) is 28.8 Å². The maximum Gasteiger partial charge on any atom is 0.253 e. The van der Waals surface area contributed by atoms with E-state index in [-0.39, 0.29) is 17.9 Å². The standard InChI is InChI=1S/C25H23N5O4/c1-29(2)25(32)14-3-5-18-19-11-26-22(8-15(19)12-33-21(18)7-14)28-16-9-20-24(27-10-16)34-13-17-4-6-23(31)30(17)20/h3,5,7-11,17H,4,6,12-13H2,1-2H3,(H,26,28)/t17-/m0/s1. The van der Waals surface area contributed by atoms with Gasteiger partial charge >= 0.3 is 0 Å². The summed E-state index contributed by atoms with van der Waals surface area (Å²) in [6.07, 6.45) is 4.82. The maximum absolute atomic E-state index is 12.4. The van der Waals surface area contributed by atoms with Crippen LogP contribution in [0.15, 0.2) is 42.7 Å². The predicted octanol–water partition coefficient (Wildman–Crippen LogP) is 3.37. The van der Waals surface area contributed by atoms with Crippen LogP contribution in [0.1, 0.15) is 28.8 Å². The molecule has 3 aromatic rings. The molecule has 172 valence electrons. The Morgan fingerprint density at radius 3 is 2.85 bits per heavy atom. The van der Waals surface area contributed by atoms with Crippen molar-refractivity contribution in [2.24, 2.45) is 0 Å². The number of anilines is 3. The molecule has 0 unspecified atom stereocenters. The third kappa shape index (κ3) is 3.32. The van der Waals surface area contributed by atoms with E-state index in [9.17, 15) is 9.59 Å². The van der Waals surface area contributed by atoms with E-state index in [4.69, 9.17) is 9.47 Å². The van der Waals surface area contributed by atoms with Crippen LogP contribution < -0.4 is 19.7 Å². The summed E-state index contributed by atoms with van der Waals surface area (Å²) in [5, 5.41) is 3.29. The molecule has 1 N–H and O–H groups in total. The second-order valence-corrected chi connectivity index (χ2v) is 8.87. The van der Waals surface area contributed by atoms with Crippen LogP contribution in [0.2, 0.25) is 0 Å². The van der Waals surface area contributed by atoms with E-state index in [1.54, 1.807) is 48.4 Å². The monoisotopic (exact) mass is 457 g/mol. The zero-order valence-electron chi connectivity index (χ0n) is 18.9. The Bertz CT molecular complexity index is 1340. The van der Waals surface area contributed by atoms with Gasteiger partial charge in [0, 0.05) is 49.0 Å². The van der Waals surface area contributed by atoms with Gasteiger partial charge < -0.3 is 24.6 Å². The lowest BCUT2D eigenvalue weighted by Crippen LogP contribution is -2.40. The third-order valence-electron chi connectivity index (χ3n) is 6.40. The summed E-state index contributed by atoms with van der Waals surface area (Å²) in [4.78, 5) is 37.0. The molecule has 0 spiro atoms. The smallest absolute Gasteiger partial charge is 0.253 e. The summed E-state index contributed by atoms with van der Waals surface area (Å²) in [5.74, 6) is 1.83. The van der Waals surface area contributed by atoms with Crippen molar-refractivity contribution in [1.29, 1.82) is 0 Å². The molecular formula is C25H23N5O4. The fourth-order valence-corrected chi connectivity index (χ4v) is 4.69. The molecule has 6 rings (SSSR count). The number of nitrogens with zero attached hydrogens (tertiary/aromatic N) is 4. The van der Waals surface area contributed by atoms with Crippen LogP contribution in [0.4, 0.5) is 17.2 Å². The minimum Gasteiger partial charge on any atom is -0.488 e. The van der Waals surface area contributed by atoms with Crippen LogP contribution in [0.25, 0.3) is 11.1 Å². The molecular weight excluding hydrogens is 434 g/mol. The second kappa shape index (κ2) is 7.72. The molecule has 5 heterocycles. The van der Waals surface area contributed by atoms with Crippen molar-refractivity contribution in [3.63, 3.8) is 0 Å². The third-order valence-corrected chi connectivity index (χ3v) is 6.40. The van der Waals surface area contributed by atoms with Gasteiger partial charge in [0.15, 0.2) is 0 Å². The molecule has 2 amide bonds. The number of aromatic nitrogens is 2. The number of hydrogen-bond donors (Lipinski definition) is 1. The largest absolute Gasteiger partial charge is 0.488 e. The molecule has 0 saturated carbocycles. The highest BCUT2D eigenvalue weighted by molar-refractivity contribution is 5.98. The Kier molecular flexibility index (Phi) is 4.65. The molecule has 1 saturated heterocycles. The SMILES string of the molecule is CN(C)C(=O)c1ccc2c(c1)OCc1cc(Nc3cnc4c(c3)N3C(=O)CC[C@H]3CO4)ncc1-2. The van der Waals surface area contributed by atoms with Crippen LogP contribution in [0, 0.1) is 0 Å². The zero-order valence-corrected chi connectivity index (χ0v) is 18.9. The second-order valence-electron chi connectivity index (χ2n) is 8.87. The Balaban J connectivity index is 1.27. The Hall–Kier alpha value is -4.14. The van der Waals surface area contributed by atoms with Crippen LogP contribution >= 0.6 is 0 Å². The molecule has 0 aliphatic carbocycles. The van der Waals surface area contributed by atoms with Gasteiger partial charge in [0.25, 0.3) is 5.91 Å². The van der Waals surface area contributed by atoms with Crippen molar-refractivity contribution in [2.45, 2.75) is 25.5 Å². The number of nitrogens with one attached hydrogen (secondary N) is 1. The first-order chi connectivity index (χ1) is 16.5. The van der Waals surface area contributed by atoms with E-state index in [0.29, 0.717) is 48.3 Å². The van der Waals surface area contributed by atoms with Crippen molar-refractivity contribution in [2.75, 3.05) is 30.9 Å². The van der Waals surface area contributed by atoms with Crippen molar-refractivity contribution >= 4 is 29.0 Å². The summed E-state index contributed by atoms with van der Waals surface area (Å²) in [6.45, 7) is 0.858. The average molecular weight is 457 g/mol. The number of carbonyl (C=O) groups excluding carboxylic acids is 2. The minimum absolute atomic E-state index is 0.0686. The van der Waals surface area contributed by atoms with Crippen molar-refractivity contribution in [3.8, 4) is 22.8 Å². The van der Waals surface area contributed by atoms with Gasteiger partial charge in [-0.1, -0.05) is 0 Å². The Morgan fingerprint density at radius 2 is 2.00 bits per heavy atom. The van der Waals surface area contributed by atoms with Crippen molar-refractivity contribution < 1.29 is 19.1 Å². The molecule has 1 aromatic carbocycles. The number of hydrogen-bond acceptors (Lipinski definition) is 7. The number of amides is 2. The lowest BCUT2D eigenvalue weighted by atomic mass is 9.97. The van der Waals surface area contributed by atoms with Crippen molar-refractivity contribution in [1.82, 2.24) is 14.9 Å². The van der Waals surface area contributed by atoms with Gasteiger partial charge in [-0.3, -0.25) is 9.59 Å². The van der Waals surface area contributed by atoms with Crippen molar-refractivity contribution in [3.05, 3.63) is 53.9 Å². The topological polar surface area (TPSA) is 96.9 Å². The normalized spacial score (nSPS) is 17.5. The van der Waals surface area contributed by atoms with Crippen LogP contribution in [0.3, 0.4) is 0 Å². The minimum atomic E-state index is -0.0686. The van der Waals surface area contributed by atoms with E-state index in [1.807, 2.05) is 18.2 Å². The number of ether oxygens (including phenoxy) is 2. The Labute approximate surface area is 196 Å². The number of fused-ring (bicyclic) bond motifs is 6. The van der Waals surface area contributed by atoms with E-state index in [1.165, 1.54) is 0 Å². The zero-order chi connectivity index (χ0) is 23.4. The molecule has 3 aliphatic rings. The first-order valence-electron chi connectivity index (χ1n) is 11.2. The summed E-state index contributed by atoms with van der Waals surface area (Å²) >= 11 is 0. The summed E-state index contributed by atoms with van der Waals surface area (Å²) in [6, 6.07) is 9.38. The molecule has 9 heteroatoms. The lowest BCUT2D eigenvalue weighted by molar-refractivity contribution is -0.117. The molecule has 1 atom stereocenters. The summed E-state index contributed by atoms with van der Waals surface area (Å²) in [7, 11) is 3.45. The summed E-state index contributed by atoms with van der Waals surface area (Å²) < 4.78 is 11.7. The van der Waals surface area contributed by atoms with Crippen LogP contribution in [-0.2, 0) is 11.4 Å². The molecule has 9 nitrogen and oxygen atoms in total. The highest BCUT2D eigenvalue weighted by Gasteiger charge is 2.38. The molecule has 34 heavy (non-hydrogen) atoms. The lowest BCUT2D eigenvalue weighted by Gasteiger charge is -2.31. The highest BCUT2D eigenvalue weighted by Crippen LogP contribution is 2.40. The number of pyridine rings is 2. The van der Waals surface area contributed by atoms with Gasteiger partial charge in [-0.2, -0.15) is 0 Å². The fourth-order valence-electron chi connectivity index (χ4n) is 4.69. The van der Waals surface area contributed by atoms with Crippen LogP contribution in [-0.4, -0.2) is 53.4 Å². The fraction of sp³-hybridized carbons (Fsp3) is 0.280. The van der Waals surface area contributed by atoms with Crippen LogP contribution in [0.5, 0.6) is 11.6 Å².